The van der Waals surface area contributed by atoms with Gasteiger partial charge in [0.2, 0.25) is 10.0 Å². The molecule has 0 bridgehead atoms. The number of aliphatic hydroxyl groups is 1. The van der Waals surface area contributed by atoms with Gasteiger partial charge in [0.25, 0.3) is 5.91 Å². The number of aryl methyl sites for hydroxylation is 2. The van der Waals surface area contributed by atoms with Crippen molar-refractivity contribution in [1.29, 1.82) is 0 Å². The van der Waals surface area contributed by atoms with Gasteiger partial charge in [0.05, 0.1) is 24.2 Å². The summed E-state index contributed by atoms with van der Waals surface area (Å²) in [5.74, 6) is -0.822. The van der Waals surface area contributed by atoms with Crippen molar-refractivity contribution in [2.45, 2.75) is 50.3 Å². The molecule has 10 heteroatoms. The van der Waals surface area contributed by atoms with Crippen LogP contribution in [0.5, 0.6) is 5.75 Å². The van der Waals surface area contributed by atoms with Crippen LogP contribution in [0.25, 0.3) is 0 Å². The lowest BCUT2D eigenvalue weighted by Gasteiger charge is -2.23. The Bertz CT molecular complexity index is 1170. The fourth-order valence-electron chi connectivity index (χ4n) is 3.89. The predicted octanol–water partition coefficient (Wildman–Crippen LogP) is 1.86. The molecule has 0 aromatic heterocycles. The molecule has 2 aromatic rings. The topological polar surface area (TPSA) is 122 Å². The summed E-state index contributed by atoms with van der Waals surface area (Å²) in [7, 11) is -2.52. The van der Waals surface area contributed by atoms with Crippen LogP contribution in [0.15, 0.2) is 47.4 Å². The molecular weight excluding hydrogens is 460 g/mol. The zero-order valence-electron chi connectivity index (χ0n) is 19.6. The lowest BCUT2D eigenvalue weighted by Crippen LogP contribution is -2.42. The Kier molecular flexibility index (Phi) is 7.96. The van der Waals surface area contributed by atoms with Crippen molar-refractivity contribution in [2.75, 3.05) is 20.3 Å². The molecule has 9 nitrogen and oxygen atoms in total. The highest BCUT2D eigenvalue weighted by molar-refractivity contribution is 7.89. The molecule has 1 fully saturated rings. The number of aliphatic hydroxyl groups excluding tert-OH is 1. The number of hydrogen-bond donors (Lipinski definition) is 2. The minimum absolute atomic E-state index is 0.0332. The zero-order valence-corrected chi connectivity index (χ0v) is 20.5. The van der Waals surface area contributed by atoms with E-state index in [0.717, 1.165) is 21.0 Å². The van der Waals surface area contributed by atoms with E-state index in [4.69, 9.17) is 9.47 Å². The van der Waals surface area contributed by atoms with Crippen molar-refractivity contribution in [3.63, 3.8) is 0 Å². The molecule has 1 amide bonds. The summed E-state index contributed by atoms with van der Waals surface area (Å²) in [5, 5.41) is 12.8. The summed E-state index contributed by atoms with van der Waals surface area (Å²) in [5.41, 5.74) is 2.49. The number of rotatable bonds is 8. The monoisotopic (exact) mass is 490 g/mol. The molecule has 0 radical (unpaired) electrons. The molecular formula is C24H30N2O7S. The van der Waals surface area contributed by atoms with Gasteiger partial charge in [-0.1, -0.05) is 24.3 Å². The minimum atomic E-state index is -4.05. The van der Waals surface area contributed by atoms with Gasteiger partial charge < -0.3 is 19.9 Å². The number of nitrogens with zero attached hydrogens (tertiary/aromatic N) is 1. The summed E-state index contributed by atoms with van der Waals surface area (Å²) in [6, 6.07) is 10.3. The zero-order chi connectivity index (χ0) is 25.0. The smallest absolute Gasteiger partial charge is 0.325 e. The summed E-state index contributed by atoms with van der Waals surface area (Å²) in [6.07, 6.45) is -1.12. The van der Waals surface area contributed by atoms with E-state index < -0.39 is 46.7 Å². The van der Waals surface area contributed by atoms with E-state index >= 15 is 0 Å². The van der Waals surface area contributed by atoms with Crippen LogP contribution in [0.4, 0.5) is 0 Å². The Hall–Kier alpha value is -2.95. The number of esters is 1. The number of β-amino-alcohol motifs (C(OH)–C–C–N with tert-alkyl or cyclic N) is 1. The number of sulfonamides is 1. The highest BCUT2D eigenvalue weighted by atomic mass is 32.2. The molecule has 1 heterocycles. The maximum atomic E-state index is 13.2. The van der Waals surface area contributed by atoms with Crippen molar-refractivity contribution >= 4 is 21.9 Å². The van der Waals surface area contributed by atoms with Gasteiger partial charge in [-0.15, -0.1) is 0 Å². The molecule has 34 heavy (non-hydrogen) atoms. The molecule has 1 aliphatic rings. The van der Waals surface area contributed by atoms with Crippen molar-refractivity contribution < 1.29 is 32.6 Å². The summed E-state index contributed by atoms with van der Waals surface area (Å²) >= 11 is 0. The SMILES string of the molecule is COc1ccccc1C(C)NC(=O)COC(=O)[C@@H]1CC(O)CN1S(=O)(=O)c1ccc(C)c(C)c1. The number of carbonyl (C=O) groups is 2. The number of nitrogens with one attached hydrogen (secondary N) is 1. The van der Waals surface area contributed by atoms with Crippen LogP contribution in [0.2, 0.25) is 0 Å². The van der Waals surface area contributed by atoms with Crippen LogP contribution in [-0.2, 0) is 24.3 Å². The molecule has 2 aromatic carbocycles. The highest BCUT2D eigenvalue weighted by Gasteiger charge is 2.44. The van der Waals surface area contributed by atoms with E-state index in [1.54, 1.807) is 26.0 Å². The van der Waals surface area contributed by atoms with Gasteiger partial charge in [-0.05, 0) is 50.1 Å². The average molecular weight is 491 g/mol. The number of benzene rings is 2. The van der Waals surface area contributed by atoms with Crippen molar-refractivity contribution in [2.24, 2.45) is 0 Å². The maximum absolute atomic E-state index is 13.2. The molecule has 0 aliphatic carbocycles. The molecule has 2 unspecified atom stereocenters. The second-order valence-electron chi connectivity index (χ2n) is 8.36. The maximum Gasteiger partial charge on any atom is 0.325 e. The third-order valence-corrected chi connectivity index (χ3v) is 7.79. The Morgan fingerprint density at radius 2 is 1.88 bits per heavy atom. The van der Waals surface area contributed by atoms with E-state index in [1.807, 2.05) is 25.1 Å². The lowest BCUT2D eigenvalue weighted by atomic mass is 10.1. The summed E-state index contributed by atoms with van der Waals surface area (Å²) in [6.45, 7) is 4.62. The number of hydrogen-bond acceptors (Lipinski definition) is 7. The standard InChI is InChI=1S/C24H30N2O7S/c1-15-9-10-19(11-16(15)2)34(30,31)26-13-18(27)12-21(26)24(29)33-14-23(28)25-17(3)20-7-5-6-8-22(20)32-4/h5-11,17-18,21,27H,12-14H2,1-4H3,(H,25,28)/t17?,18?,21-/m0/s1. The lowest BCUT2D eigenvalue weighted by molar-refractivity contribution is -0.151. The minimum Gasteiger partial charge on any atom is -0.496 e. The average Bonchev–Trinajstić information content (AvgIpc) is 3.21. The Morgan fingerprint density at radius 3 is 2.56 bits per heavy atom. The van der Waals surface area contributed by atoms with Gasteiger partial charge >= 0.3 is 5.97 Å². The largest absolute Gasteiger partial charge is 0.496 e. The second kappa shape index (κ2) is 10.5. The third-order valence-electron chi connectivity index (χ3n) is 5.92. The number of amides is 1. The molecule has 184 valence electrons. The normalized spacial score (nSPS) is 19.4. The first-order chi connectivity index (χ1) is 16.0. The first-order valence-electron chi connectivity index (χ1n) is 10.9. The van der Waals surface area contributed by atoms with Crippen molar-refractivity contribution in [1.82, 2.24) is 9.62 Å². The van der Waals surface area contributed by atoms with E-state index in [-0.39, 0.29) is 17.9 Å². The third kappa shape index (κ3) is 5.57. The van der Waals surface area contributed by atoms with E-state index in [1.165, 1.54) is 19.2 Å². The Morgan fingerprint density at radius 1 is 1.18 bits per heavy atom. The van der Waals surface area contributed by atoms with Crippen molar-refractivity contribution in [3.8, 4) is 5.75 Å². The molecule has 1 saturated heterocycles. The van der Waals surface area contributed by atoms with Crippen molar-refractivity contribution in [3.05, 3.63) is 59.2 Å². The molecule has 2 N–H and O–H groups in total. The fourth-order valence-corrected chi connectivity index (χ4v) is 5.60. The van der Waals surface area contributed by atoms with Gasteiger partial charge in [0, 0.05) is 18.5 Å². The Labute approximate surface area is 199 Å². The van der Waals surface area contributed by atoms with Crippen LogP contribution < -0.4 is 10.1 Å². The van der Waals surface area contributed by atoms with E-state index in [2.05, 4.69) is 5.32 Å². The van der Waals surface area contributed by atoms with Gasteiger partial charge in [0.1, 0.15) is 11.8 Å². The first-order valence-corrected chi connectivity index (χ1v) is 12.3. The summed E-state index contributed by atoms with van der Waals surface area (Å²) in [4.78, 5) is 25.1. The van der Waals surface area contributed by atoms with Crippen LogP contribution in [-0.4, -0.2) is 62.1 Å². The predicted molar refractivity (Wildman–Crippen MR) is 125 cm³/mol. The van der Waals surface area contributed by atoms with Crippen LogP contribution in [0.1, 0.15) is 36.1 Å². The number of para-hydroxylation sites is 1. The van der Waals surface area contributed by atoms with Gasteiger partial charge in [-0.3, -0.25) is 9.59 Å². The number of ether oxygens (including phenoxy) is 2. The number of methoxy groups -OCH3 is 1. The molecule has 3 atom stereocenters. The molecule has 0 spiro atoms. The second-order valence-corrected chi connectivity index (χ2v) is 10.3. The van der Waals surface area contributed by atoms with Crippen LogP contribution in [0, 0.1) is 13.8 Å². The van der Waals surface area contributed by atoms with Gasteiger partial charge in [-0.2, -0.15) is 4.31 Å². The Balaban J connectivity index is 1.66. The highest BCUT2D eigenvalue weighted by Crippen LogP contribution is 2.28. The van der Waals surface area contributed by atoms with E-state index in [0.29, 0.717) is 5.75 Å². The van der Waals surface area contributed by atoms with Gasteiger partial charge in [0.15, 0.2) is 6.61 Å². The molecule has 3 rings (SSSR count). The van der Waals surface area contributed by atoms with Crippen LogP contribution >= 0.6 is 0 Å². The molecule has 0 saturated carbocycles. The van der Waals surface area contributed by atoms with Crippen LogP contribution in [0.3, 0.4) is 0 Å². The quantitative estimate of drug-likeness (QED) is 0.542. The summed E-state index contributed by atoms with van der Waals surface area (Å²) < 4.78 is 37.7. The number of carbonyl (C=O) groups excluding carboxylic acids is 2. The van der Waals surface area contributed by atoms with E-state index in [9.17, 15) is 23.1 Å². The van der Waals surface area contributed by atoms with Gasteiger partial charge in [-0.25, -0.2) is 8.42 Å². The fraction of sp³-hybridized carbons (Fsp3) is 0.417. The molecule has 1 aliphatic heterocycles. The first kappa shape index (κ1) is 25.7.